The average Bonchev–Trinajstić information content (AvgIpc) is 2.62. The lowest BCUT2D eigenvalue weighted by Gasteiger charge is -2.19. The van der Waals surface area contributed by atoms with E-state index in [4.69, 9.17) is 14.2 Å². The van der Waals surface area contributed by atoms with Gasteiger partial charge in [-0.1, -0.05) is 46.4 Å². The number of fused-ring (bicyclic) bond motifs is 1. The van der Waals surface area contributed by atoms with Gasteiger partial charge in [-0.05, 0) is 47.4 Å². The summed E-state index contributed by atoms with van der Waals surface area (Å²) < 4.78 is 29.6. The Morgan fingerprint density at radius 1 is 1.22 bits per heavy atom. The molecule has 0 unspecified atom stereocenters. The first-order valence-corrected chi connectivity index (χ1v) is 9.26. The van der Waals surface area contributed by atoms with Gasteiger partial charge >= 0.3 is 6.16 Å². The van der Waals surface area contributed by atoms with Gasteiger partial charge in [0.25, 0.3) is 0 Å². The monoisotopic (exact) mass is 376 g/mol. The van der Waals surface area contributed by atoms with Gasteiger partial charge in [0.05, 0.1) is 6.61 Å². The Labute approximate surface area is 160 Å². The Kier molecular flexibility index (Phi) is 8.79. The van der Waals surface area contributed by atoms with Gasteiger partial charge in [0.15, 0.2) is 0 Å². The molecule has 2 aromatic rings. The van der Waals surface area contributed by atoms with E-state index in [1.165, 1.54) is 12.1 Å². The minimum atomic E-state index is -0.809. The van der Waals surface area contributed by atoms with Gasteiger partial charge in [-0.25, -0.2) is 9.18 Å². The van der Waals surface area contributed by atoms with Crippen molar-refractivity contribution in [2.75, 3.05) is 6.61 Å². The number of rotatable bonds is 6. The van der Waals surface area contributed by atoms with Crippen molar-refractivity contribution in [1.29, 1.82) is 0 Å². The molecule has 0 saturated heterocycles. The molecule has 0 aliphatic carbocycles. The number of hydrogen-bond acceptors (Lipinski definition) is 4. The fourth-order valence-corrected chi connectivity index (χ4v) is 2.70. The quantitative estimate of drug-likeness (QED) is 0.417. The van der Waals surface area contributed by atoms with Gasteiger partial charge in [0.1, 0.15) is 11.6 Å². The molecule has 0 aliphatic rings. The molecular formula is C22H29FO4. The first-order valence-electron chi connectivity index (χ1n) is 9.26. The van der Waals surface area contributed by atoms with Crippen LogP contribution in [-0.2, 0) is 9.47 Å². The zero-order valence-electron chi connectivity index (χ0n) is 17.0. The number of carbonyl (C=O) groups is 1. The van der Waals surface area contributed by atoms with Crippen LogP contribution in [0.25, 0.3) is 16.8 Å². The lowest BCUT2D eigenvalue weighted by atomic mass is 9.92. The van der Waals surface area contributed by atoms with E-state index in [0.29, 0.717) is 11.3 Å². The predicted molar refractivity (Wildman–Crippen MR) is 108 cm³/mol. The van der Waals surface area contributed by atoms with Crippen molar-refractivity contribution in [3.05, 3.63) is 47.8 Å². The minimum absolute atomic E-state index is 0.146. The Morgan fingerprint density at radius 3 is 2.44 bits per heavy atom. The van der Waals surface area contributed by atoms with Crippen LogP contribution in [0.5, 0.6) is 5.75 Å². The van der Waals surface area contributed by atoms with Crippen LogP contribution >= 0.6 is 0 Å². The molecule has 0 heterocycles. The summed E-state index contributed by atoms with van der Waals surface area (Å²) in [6.45, 7) is 15.3. The minimum Gasteiger partial charge on any atom is -0.455 e. The molecule has 0 N–H and O–H groups in total. The Hall–Kier alpha value is -2.56. The third-order valence-corrected chi connectivity index (χ3v) is 3.76. The van der Waals surface area contributed by atoms with Crippen molar-refractivity contribution in [3.63, 3.8) is 0 Å². The maximum absolute atomic E-state index is 14.1. The summed E-state index contributed by atoms with van der Waals surface area (Å²) in [5.74, 6) is 0.375. The summed E-state index contributed by atoms with van der Waals surface area (Å²) in [7, 11) is 0. The van der Waals surface area contributed by atoms with Crippen molar-refractivity contribution < 1.29 is 23.4 Å². The van der Waals surface area contributed by atoms with Crippen molar-refractivity contribution >= 4 is 23.0 Å². The van der Waals surface area contributed by atoms with Crippen LogP contribution in [-0.4, -0.2) is 19.1 Å². The molecule has 4 nitrogen and oxygen atoms in total. The van der Waals surface area contributed by atoms with E-state index >= 15 is 0 Å². The van der Waals surface area contributed by atoms with E-state index in [9.17, 15) is 9.18 Å². The number of ether oxygens (including phenoxy) is 3. The standard InChI is InChI=1S/C20H23FO4.C2H6/c1-6-16-18(21)9-8-14-10-15(11-17(12(3)4)19(14)16)24-13(5)25-20(22)23-7-2;1-2/h6,8-13H,1,7H2,2-5H3;1-2H3/t13-;/m0./s1. The number of hydrogen-bond donors (Lipinski definition) is 0. The molecule has 2 aromatic carbocycles. The predicted octanol–water partition coefficient (Wildman–Crippen LogP) is 6.67. The third-order valence-electron chi connectivity index (χ3n) is 3.76. The van der Waals surface area contributed by atoms with Crippen LogP contribution < -0.4 is 4.74 Å². The molecule has 0 bridgehead atoms. The smallest absolute Gasteiger partial charge is 0.455 e. The van der Waals surface area contributed by atoms with E-state index in [0.717, 1.165) is 16.3 Å². The molecule has 0 spiro atoms. The second-order valence-corrected chi connectivity index (χ2v) is 5.92. The van der Waals surface area contributed by atoms with E-state index in [-0.39, 0.29) is 18.3 Å². The first-order chi connectivity index (χ1) is 12.9. The second kappa shape index (κ2) is 10.6. The first kappa shape index (κ1) is 22.5. The van der Waals surface area contributed by atoms with Crippen molar-refractivity contribution in [2.45, 2.75) is 53.8 Å². The summed E-state index contributed by atoms with van der Waals surface area (Å²) in [5, 5.41) is 1.65. The zero-order chi connectivity index (χ0) is 20.6. The van der Waals surface area contributed by atoms with Crippen LogP contribution in [0, 0.1) is 5.82 Å². The Morgan fingerprint density at radius 2 is 1.89 bits per heavy atom. The van der Waals surface area contributed by atoms with Crippen molar-refractivity contribution in [2.24, 2.45) is 0 Å². The maximum Gasteiger partial charge on any atom is 0.511 e. The molecule has 5 heteroatoms. The van der Waals surface area contributed by atoms with Crippen LogP contribution in [0.2, 0.25) is 0 Å². The third kappa shape index (κ3) is 5.71. The van der Waals surface area contributed by atoms with E-state index in [1.807, 2.05) is 33.8 Å². The Bertz CT molecular complexity index is 783. The number of halogens is 1. The van der Waals surface area contributed by atoms with Crippen LogP contribution in [0.4, 0.5) is 9.18 Å². The molecule has 0 aromatic heterocycles. The summed E-state index contributed by atoms with van der Waals surface area (Å²) in [6.07, 6.45) is -0.0666. The van der Waals surface area contributed by atoms with Gasteiger partial charge in [-0.15, -0.1) is 0 Å². The fourth-order valence-electron chi connectivity index (χ4n) is 2.70. The van der Waals surface area contributed by atoms with E-state index < -0.39 is 12.4 Å². The summed E-state index contributed by atoms with van der Waals surface area (Å²) >= 11 is 0. The second-order valence-electron chi connectivity index (χ2n) is 5.92. The van der Waals surface area contributed by atoms with Crippen LogP contribution in [0.1, 0.15) is 58.6 Å². The largest absolute Gasteiger partial charge is 0.511 e. The summed E-state index contributed by atoms with van der Waals surface area (Å²) in [4.78, 5) is 11.4. The normalized spacial score (nSPS) is 11.4. The lowest BCUT2D eigenvalue weighted by molar-refractivity contribution is -0.0518. The van der Waals surface area contributed by atoms with E-state index in [1.54, 1.807) is 26.0 Å². The SMILES string of the molecule is C=Cc1c(F)ccc2cc(O[C@H](C)OC(=O)OCC)cc(C(C)C)c12.CC. The maximum atomic E-state index is 14.1. The fraction of sp³-hybridized carbons (Fsp3) is 0.409. The molecule has 0 fully saturated rings. The van der Waals surface area contributed by atoms with E-state index in [2.05, 4.69) is 6.58 Å². The summed E-state index contributed by atoms with van der Waals surface area (Å²) in [6, 6.07) is 6.74. The molecular weight excluding hydrogens is 347 g/mol. The molecule has 0 aliphatic heterocycles. The molecule has 0 amide bonds. The highest BCUT2D eigenvalue weighted by atomic mass is 19.1. The number of carbonyl (C=O) groups excluding carboxylic acids is 1. The molecule has 148 valence electrons. The van der Waals surface area contributed by atoms with Crippen molar-refractivity contribution in [1.82, 2.24) is 0 Å². The number of benzene rings is 2. The molecule has 1 atom stereocenters. The summed E-state index contributed by atoms with van der Waals surface area (Å²) in [5.41, 5.74) is 1.41. The topological polar surface area (TPSA) is 44.8 Å². The van der Waals surface area contributed by atoms with Gasteiger partial charge in [0, 0.05) is 12.5 Å². The van der Waals surface area contributed by atoms with Gasteiger partial charge in [-0.3, -0.25) is 0 Å². The van der Waals surface area contributed by atoms with Crippen LogP contribution in [0.15, 0.2) is 30.8 Å². The molecule has 2 rings (SSSR count). The van der Waals surface area contributed by atoms with Crippen molar-refractivity contribution in [3.8, 4) is 5.75 Å². The Balaban J connectivity index is 0.00000176. The van der Waals surface area contributed by atoms with Gasteiger partial charge in [0.2, 0.25) is 6.29 Å². The van der Waals surface area contributed by atoms with Gasteiger partial charge in [-0.2, -0.15) is 0 Å². The molecule has 27 heavy (non-hydrogen) atoms. The van der Waals surface area contributed by atoms with Crippen LogP contribution in [0.3, 0.4) is 0 Å². The van der Waals surface area contributed by atoms with Gasteiger partial charge < -0.3 is 14.2 Å². The highest BCUT2D eigenvalue weighted by molar-refractivity contribution is 5.94. The highest BCUT2D eigenvalue weighted by Gasteiger charge is 2.16. The zero-order valence-corrected chi connectivity index (χ0v) is 17.0. The lowest BCUT2D eigenvalue weighted by Crippen LogP contribution is -2.21. The molecule has 0 radical (unpaired) electrons. The highest BCUT2D eigenvalue weighted by Crippen LogP contribution is 2.34. The molecule has 0 saturated carbocycles. The average molecular weight is 376 g/mol.